The highest BCUT2D eigenvalue weighted by Gasteiger charge is 2.21. The van der Waals surface area contributed by atoms with Gasteiger partial charge in [0, 0.05) is 25.3 Å². The number of anilines is 1. The molecule has 2 heterocycles. The van der Waals surface area contributed by atoms with Crippen LogP contribution in [0.2, 0.25) is 5.02 Å². The SMILES string of the molecule is CNCc1cnc(N2CCCCC2C)c(Cl)c1. The van der Waals surface area contributed by atoms with Gasteiger partial charge in [0.05, 0.1) is 5.02 Å². The van der Waals surface area contributed by atoms with E-state index in [2.05, 4.69) is 22.1 Å². The van der Waals surface area contributed by atoms with Crippen molar-refractivity contribution < 1.29 is 0 Å². The van der Waals surface area contributed by atoms with Crippen LogP contribution in [0.15, 0.2) is 12.3 Å². The van der Waals surface area contributed by atoms with Crippen molar-refractivity contribution in [1.29, 1.82) is 0 Å². The van der Waals surface area contributed by atoms with Crippen LogP contribution in [0.5, 0.6) is 0 Å². The van der Waals surface area contributed by atoms with Gasteiger partial charge in [0.1, 0.15) is 5.82 Å². The second-order valence-electron chi connectivity index (χ2n) is 4.72. The molecular weight excluding hydrogens is 234 g/mol. The lowest BCUT2D eigenvalue weighted by molar-refractivity contribution is 0.481. The molecule has 17 heavy (non-hydrogen) atoms. The fourth-order valence-electron chi connectivity index (χ4n) is 2.40. The van der Waals surface area contributed by atoms with E-state index in [9.17, 15) is 0 Å². The summed E-state index contributed by atoms with van der Waals surface area (Å²) in [5, 5.41) is 3.88. The van der Waals surface area contributed by atoms with Crippen LogP contribution < -0.4 is 10.2 Å². The molecule has 1 atom stereocenters. The van der Waals surface area contributed by atoms with Crippen molar-refractivity contribution in [2.75, 3.05) is 18.5 Å². The second kappa shape index (κ2) is 5.69. The molecule has 0 radical (unpaired) electrons. The van der Waals surface area contributed by atoms with E-state index < -0.39 is 0 Å². The molecule has 1 fully saturated rings. The summed E-state index contributed by atoms with van der Waals surface area (Å²) in [6.07, 6.45) is 5.70. The summed E-state index contributed by atoms with van der Waals surface area (Å²) in [5.41, 5.74) is 1.13. The maximum absolute atomic E-state index is 6.33. The number of rotatable bonds is 3. The lowest BCUT2D eigenvalue weighted by Gasteiger charge is -2.35. The Labute approximate surface area is 108 Å². The van der Waals surface area contributed by atoms with Crippen LogP contribution >= 0.6 is 11.6 Å². The van der Waals surface area contributed by atoms with E-state index in [0.29, 0.717) is 6.04 Å². The number of halogens is 1. The number of aromatic nitrogens is 1. The summed E-state index contributed by atoms with van der Waals surface area (Å²) in [6, 6.07) is 2.56. The first-order chi connectivity index (χ1) is 8.22. The minimum absolute atomic E-state index is 0.545. The van der Waals surface area contributed by atoms with Gasteiger partial charge in [-0.25, -0.2) is 4.98 Å². The van der Waals surface area contributed by atoms with E-state index in [-0.39, 0.29) is 0 Å². The Kier molecular flexibility index (Phi) is 4.24. The third-order valence-electron chi connectivity index (χ3n) is 3.33. The van der Waals surface area contributed by atoms with Gasteiger partial charge in [-0.05, 0) is 44.9 Å². The van der Waals surface area contributed by atoms with Gasteiger partial charge in [-0.2, -0.15) is 0 Å². The molecule has 0 aromatic carbocycles. The minimum Gasteiger partial charge on any atom is -0.353 e. The Morgan fingerprint density at radius 2 is 2.35 bits per heavy atom. The predicted octanol–water partition coefficient (Wildman–Crippen LogP) is 2.83. The van der Waals surface area contributed by atoms with Gasteiger partial charge < -0.3 is 10.2 Å². The number of nitrogens with zero attached hydrogens (tertiary/aromatic N) is 2. The zero-order chi connectivity index (χ0) is 12.3. The molecule has 1 unspecified atom stereocenters. The number of hydrogen-bond acceptors (Lipinski definition) is 3. The molecule has 0 spiro atoms. The van der Waals surface area contributed by atoms with Crippen LogP contribution in [-0.4, -0.2) is 24.6 Å². The van der Waals surface area contributed by atoms with Crippen LogP contribution in [0.3, 0.4) is 0 Å². The molecule has 1 aliphatic rings. The van der Waals surface area contributed by atoms with Crippen LogP contribution in [0.25, 0.3) is 0 Å². The largest absolute Gasteiger partial charge is 0.353 e. The van der Waals surface area contributed by atoms with Crippen molar-refractivity contribution in [1.82, 2.24) is 10.3 Å². The topological polar surface area (TPSA) is 28.2 Å². The van der Waals surface area contributed by atoms with Crippen molar-refractivity contribution in [3.63, 3.8) is 0 Å². The lowest BCUT2D eigenvalue weighted by atomic mass is 10.0. The van der Waals surface area contributed by atoms with Gasteiger partial charge in [0.25, 0.3) is 0 Å². The highest BCUT2D eigenvalue weighted by atomic mass is 35.5. The highest BCUT2D eigenvalue weighted by molar-refractivity contribution is 6.33. The van der Waals surface area contributed by atoms with Crippen LogP contribution in [0, 0.1) is 0 Å². The van der Waals surface area contributed by atoms with Crippen LogP contribution in [0.4, 0.5) is 5.82 Å². The Hall–Kier alpha value is -0.800. The molecule has 2 rings (SSSR count). The lowest BCUT2D eigenvalue weighted by Crippen LogP contribution is -2.38. The van der Waals surface area contributed by atoms with Crippen molar-refractivity contribution in [3.05, 3.63) is 22.8 Å². The average molecular weight is 254 g/mol. The molecule has 94 valence electrons. The number of pyridine rings is 1. The second-order valence-corrected chi connectivity index (χ2v) is 5.12. The molecule has 0 amide bonds. The fraction of sp³-hybridized carbons (Fsp3) is 0.615. The number of piperidine rings is 1. The molecule has 0 aliphatic carbocycles. The average Bonchev–Trinajstić information content (AvgIpc) is 2.31. The molecule has 1 saturated heterocycles. The molecule has 1 aromatic heterocycles. The Balaban J connectivity index is 2.20. The van der Waals surface area contributed by atoms with E-state index >= 15 is 0 Å². The predicted molar refractivity (Wildman–Crippen MR) is 72.7 cm³/mol. The third-order valence-corrected chi connectivity index (χ3v) is 3.61. The van der Waals surface area contributed by atoms with Crippen molar-refractivity contribution in [2.24, 2.45) is 0 Å². The molecule has 0 saturated carbocycles. The molecule has 1 N–H and O–H groups in total. The normalized spacial score (nSPS) is 20.6. The van der Waals surface area contributed by atoms with Crippen molar-refractivity contribution in [2.45, 2.75) is 38.8 Å². The number of hydrogen-bond donors (Lipinski definition) is 1. The summed E-state index contributed by atoms with van der Waals surface area (Å²) in [7, 11) is 1.93. The molecule has 3 nitrogen and oxygen atoms in total. The zero-order valence-electron chi connectivity index (χ0n) is 10.5. The van der Waals surface area contributed by atoms with Crippen molar-refractivity contribution >= 4 is 17.4 Å². The van der Waals surface area contributed by atoms with Gasteiger partial charge in [-0.1, -0.05) is 11.6 Å². The van der Waals surface area contributed by atoms with E-state index in [0.717, 1.165) is 29.5 Å². The first-order valence-electron chi connectivity index (χ1n) is 6.28. The molecule has 0 bridgehead atoms. The Bertz CT molecular complexity index is 381. The van der Waals surface area contributed by atoms with E-state index in [4.69, 9.17) is 11.6 Å². The minimum atomic E-state index is 0.545. The Morgan fingerprint density at radius 1 is 1.53 bits per heavy atom. The molecule has 1 aliphatic heterocycles. The van der Waals surface area contributed by atoms with E-state index in [1.807, 2.05) is 19.3 Å². The van der Waals surface area contributed by atoms with E-state index in [1.54, 1.807) is 0 Å². The Morgan fingerprint density at radius 3 is 3.00 bits per heavy atom. The third kappa shape index (κ3) is 2.90. The van der Waals surface area contributed by atoms with Crippen LogP contribution in [-0.2, 0) is 6.54 Å². The standard InChI is InChI=1S/C13H20ClN3/c1-10-5-3-4-6-17(10)13-12(14)7-11(8-15-2)9-16-13/h7,9-10,15H,3-6,8H2,1-2H3. The summed E-state index contributed by atoms with van der Waals surface area (Å²) in [6.45, 7) is 4.13. The van der Waals surface area contributed by atoms with Gasteiger partial charge >= 0.3 is 0 Å². The monoisotopic (exact) mass is 253 g/mol. The first-order valence-corrected chi connectivity index (χ1v) is 6.66. The number of nitrogens with one attached hydrogen (secondary N) is 1. The summed E-state index contributed by atoms with van der Waals surface area (Å²) in [5.74, 6) is 0.943. The van der Waals surface area contributed by atoms with Gasteiger partial charge in [-0.3, -0.25) is 0 Å². The maximum atomic E-state index is 6.33. The van der Waals surface area contributed by atoms with Gasteiger partial charge in [0.2, 0.25) is 0 Å². The summed E-state index contributed by atoms with van der Waals surface area (Å²) >= 11 is 6.33. The fourth-order valence-corrected chi connectivity index (χ4v) is 2.69. The molecule has 4 heteroatoms. The van der Waals surface area contributed by atoms with Crippen LogP contribution in [0.1, 0.15) is 31.7 Å². The van der Waals surface area contributed by atoms with Gasteiger partial charge in [0.15, 0.2) is 0 Å². The zero-order valence-corrected chi connectivity index (χ0v) is 11.3. The first kappa shape index (κ1) is 12.7. The summed E-state index contributed by atoms with van der Waals surface area (Å²) < 4.78 is 0. The maximum Gasteiger partial charge on any atom is 0.147 e. The smallest absolute Gasteiger partial charge is 0.147 e. The highest BCUT2D eigenvalue weighted by Crippen LogP contribution is 2.29. The molecular formula is C13H20ClN3. The molecule has 1 aromatic rings. The van der Waals surface area contributed by atoms with Crippen molar-refractivity contribution in [3.8, 4) is 0 Å². The quantitative estimate of drug-likeness (QED) is 0.898. The van der Waals surface area contributed by atoms with Gasteiger partial charge in [-0.15, -0.1) is 0 Å². The van der Waals surface area contributed by atoms with E-state index in [1.165, 1.54) is 19.3 Å². The summed E-state index contributed by atoms with van der Waals surface area (Å²) in [4.78, 5) is 6.85.